The molecule has 1 amide bonds. The van der Waals surface area contributed by atoms with Crippen LogP contribution in [0, 0.1) is 5.82 Å². The summed E-state index contributed by atoms with van der Waals surface area (Å²) in [5, 5.41) is 2.57. The van der Waals surface area contributed by atoms with Crippen LogP contribution in [0.4, 0.5) is 14.6 Å². The number of pyridine rings is 1. The number of likely N-dealkylation sites (tertiary alicyclic amines) is 3. The Labute approximate surface area is 277 Å². The van der Waals surface area contributed by atoms with Gasteiger partial charge in [0.25, 0.3) is 0 Å². The zero-order valence-corrected chi connectivity index (χ0v) is 27.3. The molecule has 0 radical (unpaired) electrons. The lowest BCUT2D eigenvalue weighted by molar-refractivity contribution is -0.125. The fraction of sp³-hybridized carbons (Fsp3) is 0.429. The zero-order valence-electron chi connectivity index (χ0n) is 26.6. The molecule has 4 aromatic rings. The number of alkyl halides is 1. The highest BCUT2D eigenvalue weighted by Gasteiger charge is 2.31. The molecular weight excluding hydrogens is 624 g/mol. The predicted octanol–water partition coefficient (Wildman–Crippen LogP) is 5.36. The van der Waals surface area contributed by atoms with E-state index < -0.39 is 12.0 Å². The normalized spacial score (nSPS) is 20.9. The smallest absolute Gasteiger partial charge is 0.319 e. The zero-order chi connectivity index (χ0) is 32.7. The highest BCUT2D eigenvalue weighted by Crippen LogP contribution is 2.37. The third-order valence-corrected chi connectivity index (χ3v) is 10.0. The van der Waals surface area contributed by atoms with Gasteiger partial charge in [-0.3, -0.25) is 14.7 Å². The van der Waals surface area contributed by atoms with Crippen molar-refractivity contribution in [1.29, 1.82) is 0 Å². The van der Waals surface area contributed by atoms with Crippen LogP contribution in [-0.2, 0) is 4.79 Å². The number of nitrogens with zero attached hydrogens (tertiary/aromatic N) is 7. The van der Waals surface area contributed by atoms with Gasteiger partial charge in [0.1, 0.15) is 29.8 Å². The van der Waals surface area contributed by atoms with E-state index in [1.54, 1.807) is 29.3 Å². The Morgan fingerprint density at radius 2 is 1.94 bits per heavy atom. The lowest BCUT2D eigenvalue weighted by Crippen LogP contribution is -2.48. The molecular formula is C35H38ClF2N7O2. The van der Waals surface area contributed by atoms with Crippen LogP contribution in [0.2, 0.25) is 5.02 Å². The van der Waals surface area contributed by atoms with Crippen molar-refractivity contribution in [1.82, 2.24) is 29.7 Å². The van der Waals surface area contributed by atoms with E-state index in [4.69, 9.17) is 21.3 Å². The topological polar surface area (TPSA) is 77.9 Å². The fourth-order valence-corrected chi connectivity index (χ4v) is 7.17. The Morgan fingerprint density at radius 3 is 2.70 bits per heavy atom. The van der Waals surface area contributed by atoms with Crippen molar-refractivity contribution in [3.63, 3.8) is 0 Å². The number of carbonyl (C=O) groups excluding carboxylic acids is 1. The average Bonchev–Trinajstić information content (AvgIpc) is 3.72. The number of likely N-dealkylation sites (N-methyl/N-ethyl adjacent to an activating group) is 2. The third-order valence-electron chi connectivity index (χ3n) is 9.72. The van der Waals surface area contributed by atoms with Crippen LogP contribution in [0.1, 0.15) is 19.3 Å². The Morgan fingerprint density at radius 1 is 1.13 bits per heavy atom. The summed E-state index contributed by atoms with van der Waals surface area (Å²) in [5.41, 5.74) is 0.836. The predicted molar refractivity (Wildman–Crippen MR) is 180 cm³/mol. The second-order valence-corrected chi connectivity index (χ2v) is 13.2. The SMILES string of the molecule is CN1CCC[C@H]1COc1nc(N(C)[C@@H]2CCN(C(=O)/C=C/CN3CC(F)C3)C2)c2cnc(-c3cccc4cccc(Cl)c34)c(F)c2n1. The van der Waals surface area contributed by atoms with Gasteiger partial charge in [0.05, 0.1) is 5.39 Å². The fourth-order valence-electron chi connectivity index (χ4n) is 6.89. The molecule has 0 aliphatic carbocycles. The Kier molecular flexibility index (Phi) is 8.95. The molecule has 7 rings (SSSR count). The summed E-state index contributed by atoms with van der Waals surface area (Å²) < 4.78 is 35.9. The van der Waals surface area contributed by atoms with Crippen molar-refractivity contribution in [2.24, 2.45) is 0 Å². The number of hydrogen-bond acceptors (Lipinski definition) is 8. The van der Waals surface area contributed by atoms with Crippen LogP contribution in [0.25, 0.3) is 32.9 Å². The van der Waals surface area contributed by atoms with E-state index in [2.05, 4.69) is 21.9 Å². The summed E-state index contributed by atoms with van der Waals surface area (Å²) in [6.07, 6.45) is 7.02. The molecule has 0 spiro atoms. The molecule has 0 bridgehead atoms. The van der Waals surface area contributed by atoms with Gasteiger partial charge < -0.3 is 19.4 Å². The molecule has 2 aromatic heterocycles. The maximum absolute atomic E-state index is 16.6. The molecule has 3 aliphatic heterocycles. The van der Waals surface area contributed by atoms with E-state index in [0.717, 1.165) is 30.2 Å². The second kappa shape index (κ2) is 13.3. The Balaban J connectivity index is 1.20. The summed E-state index contributed by atoms with van der Waals surface area (Å²) in [7, 11) is 3.97. The third kappa shape index (κ3) is 6.36. The number of fused-ring (bicyclic) bond motifs is 2. The molecule has 3 saturated heterocycles. The van der Waals surface area contributed by atoms with Gasteiger partial charge in [0, 0.05) is 80.1 Å². The molecule has 2 atom stereocenters. The lowest BCUT2D eigenvalue weighted by atomic mass is 10.0. The molecule has 2 aromatic carbocycles. The van der Waals surface area contributed by atoms with Crippen LogP contribution in [-0.4, -0.2) is 114 Å². The van der Waals surface area contributed by atoms with Gasteiger partial charge in [-0.05, 0) is 44.3 Å². The molecule has 3 fully saturated rings. The maximum atomic E-state index is 16.6. The van der Waals surface area contributed by atoms with E-state index in [1.807, 2.05) is 47.2 Å². The number of benzene rings is 2. The van der Waals surface area contributed by atoms with E-state index in [1.165, 1.54) is 0 Å². The number of hydrogen-bond donors (Lipinski definition) is 0. The van der Waals surface area contributed by atoms with E-state index in [0.29, 0.717) is 67.5 Å². The first-order valence-electron chi connectivity index (χ1n) is 16.2. The van der Waals surface area contributed by atoms with Crippen molar-refractivity contribution in [3.8, 4) is 17.3 Å². The summed E-state index contributed by atoms with van der Waals surface area (Å²) in [6.45, 7) is 3.84. The van der Waals surface area contributed by atoms with Gasteiger partial charge in [-0.2, -0.15) is 9.97 Å². The number of carbonyl (C=O) groups is 1. The summed E-state index contributed by atoms with van der Waals surface area (Å²) in [4.78, 5) is 34.9. The quantitative estimate of drug-likeness (QED) is 0.222. The molecule has 0 saturated carbocycles. The number of halogens is 3. The van der Waals surface area contributed by atoms with Gasteiger partial charge >= 0.3 is 6.01 Å². The molecule has 5 heterocycles. The standard InChI is InChI=1S/C35H38ClF2N7O2/c1-42-14-5-9-25(42)21-47-35-40-33-27(17-39-32(31(33)38)26-10-3-7-22-8-4-11-28(36)30(22)26)34(41-35)43(2)24-13-16-45(20-24)29(46)12-6-15-44-18-23(37)19-44/h3-4,6-8,10-12,17,23-25H,5,9,13-16,18-21H2,1-2H3/b12-6+/t24-,25+/m1/s1. The molecule has 3 aliphatic rings. The Bertz CT molecular complexity index is 1830. The first-order chi connectivity index (χ1) is 22.8. The van der Waals surface area contributed by atoms with Crippen LogP contribution < -0.4 is 9.64 Å². The van der Waals surface area contributed by atoms with Crippen molar-refractivity contribution in [2.45, 2.75) is 37.5 Å². The number of amides is 1. The van der Waals surface area contributed by atoms with Crippen molar-refractivity contribution >= 4 is 45.0 Å². The number of aromatic nitrogens is 3. The second-order valence-electron chi connectivity index (χ2n) is 12.8. The van der Waals surface area contributed by atoms with Gasteiger partial charge in [-0.1, -0.05) is 48.0 Å². The number of anilines is 1. The van der Waals surface area contributed by atoms with Crippen LogP contribution >= 0.6 is 11.6 Å². The highest BCUT2D eigenvalue weighted by molar-refractivity contribution is 6.36. The monoisotopic (exact) mass is 661 g/mol. The first kappa shape index (κ1) is 31.7. The van der Waals surface area contributed by atoms with Gasteiger partial charge in [0.2, 0.25) is 5.91 Å². The van der Waals surface area contributed by atoms with E-state index in [-0.39, 0.29) is 35.2 Å². The van der Waals surface area contributed by atoms with Crippen molar-refractivity contribution in [3.05, 3.63) is 65.6 Å². The summed E-state index contributed by atoms with van der Waals surface area (Å²) >= 11 is 6.60. The number of ether oxygens (including phenoxy) is 1. The van der Waals surface area contributed by atoms with Gasteiger partial charge in [0.15, 0.2) is 5.82 Å². The molecule has 47 heavy (non-hydrogen) atoms. The molecule has 12 heteroatoms. The highest BCUT2D eigenvalue weighted by atomic mass is 35.5. The molecule has 0 unspecified atom stereocenters. The van der Waals surface area contributed by atoms with Gasteiger partial charge in [-0.15, -0.1) is 0 Å². The minimum atomic E-state index is -0.770. The molecule has 246 valence electrons. The lowest BCUT2D eigenvalue weighted by Gasteiger charge is -2.33. The maximum Gasteiger partial charge on any atom is 0.319 e. The van der Waals surface area contributed by atoms with Crippen LogP contribution in [0.3, 0.4) is 0 Å². The van der Waals surface area contributed by atoms with Crippen molar-refractivity contribution < 1.29 is 18.3 Å². The first-order valence-corrected chi connectivity index (χ1v) is 16.6. The summed E-state index contributed by atoms with van der Waals surface area (Å²) in [6, 6.07) is 11.4. The minimum absolute atomic E-state index is 0.0680. The summed E-state index contributed by atoms with van der Waals surface area (Å²) in [5.74, 6) is -0.168. The molecule has 0 N–H and O–H groups in total. The minimum Gasteiger partial charge on any atom is -0.462 e. The molecule has 9 nitrogen and oxygen atoms in total. The van der Waals surface area contributed by atoms with E-state index >= 15 is 4.39 Å². The number of rotatable bonds is 9. The Hall–Kier alpha value is -3.93. The van der Waals surface area contributed by atoms with Crippen LogP contribution in [0.15, 0.2) is 54.7 Å². The van der Waals surface area contributed by atoms with E-state index in [9.17, 15) is 9.18 Å². The van der Waals surface area contributed by atoms with Crippen molar-refractivity contribution in [2.75, 3.05) is 64.9 Å². The van der Waals surface area contributed by atoms with Gasteiger partial charge in [-0.25, -0.2) is 8.78 Å². The average molecular weight is 662 g/mol. The van der Waals surface area contributed by atoms with Crippen LogP contribution in [0.5, 0.6) is 6.01 Å². The largest absolute Gasteiger partial charge is 0.462 e.